The first-order chi connectivity index (χ1) is 9.83. The average molecular weight is 271 g/mol. The van der Waals surface area contributed by atoms with Crippen LogP contribution in [0.3, 0.4) is 0 Å². The van der Waals surface area contributed by atoms with Crippen LogP contribution in [-0.2, 0) is 0 Å². The van der Waals surface area contributed by atoms with Gasteiger partial charge in [-0.1, -0.05) is 12.8 Å². The minimum Gasteiger partial charge on any atom is -0.365 e. The molecular formula is C15H21N5. The molecule has 3 rings (SSSR count). The van der Waals surface area contributed by atoms with E-state index in [1.54, 1.807) is 6.20 Å². The van der Waals surface area contributed by atoms with E-state index in [-0.39, 0.29) is 0 Å². The second kappa shape index (κ2) is 6.19. The molecule has 0 radical (unpaired) electrons. The summed E-state index contributed by atoms with van der Waals surface area (Å²) in [6.45, 7) is 3.54. The Balaban J connectivity index is 1.48. The van der Waals surface area contributed by atoms with Crippen LogP contribution in [0.25, 0.3) is 0 Å². The normalized spacial score (nSPS) is 23.9. The molecule has 0 spiro atoms. The quantitative estimate of drug-likeness (QED) is 0.907. The lowest BCUT2D eigenvalue weighted by Crippen LogP contribution is -2.30. The van der Waals surface area contributed by atoms with E-state index in [9.17, 15) is 0 Å². The molecule has 1 N–H and O–H groups in total. The van der Waals surface area contributed by atoms with E-state index in [1.165, 1.54) is 45.0 Å². The molecule has 1 atom stereocenters. The Morgan fingerprint density at radius 2 is 2.10 bits per heavy atom. The van der Waals surface area contributed by atoms with E-state index < -0.39 is 0 Å². The molecule has 2 aliphatic rings. The fourth-order valence-corrected chi connectivity index (χ4v) is 3.34. The van der Waals surface area contributed by atoms with E-state index in [0.717, 1.165) is 24.7 Å². The van der Waals surface area contributed by atoms with E-state index in [0.29, 0.717) is 11.7 Å². The Labute approximate surface area is 120 Å². The van der Waals surface area contributed by atoms with Crippen molar-refractivity contribution >= 4 is 5.82 Å². The molecular weight excluding hydrogens is 250 g/mol. The van der Waals surface area contributed by atoms with Gasteiger partial charge in [-0.3, -0.25) is 0 Å². The van der Waals surface area contributed by atoms with Gasteiger partial charge in [-0.25, -0.2) is 9.97 Å². The highest BCUT2D eigenvalue weighted by Crippen LogP contribution is 2.27. The van der Waals surface area contributed by atoms with Gasteiger partial charge in [0, 0.05) is 25.7 Å². The van der Waals surface area contributed by atoms with Gasteiger partial charge >= 0.3 is 0 Å². The highest BCUT2D eigenvalue weighted by molar-refractivity contribution is 5.34. The number of likely N-dealkylation sites (tertiary alicyclic amines) is 1. The van der Waals surface area contributed by atoms with Gasteiger partial charge in [0.25, 0.3) is 0 Å². The third kappa shape index (κ3) is 3.26. The summed E-state index contributed by atoms with van der Waals surface area (Å²) in [4.78, 5) is 10.8. The largest absolute Gasteiger partial charge is 0.365 e. The second-order valence-corrected chi connectivity index (χ2v) is 5.94. The summed E-state index contributed by atoms with van der Waals surface area (Å²) in [7, 11) is 0. The molecule has 1 aromatic heterocycles. The number of rotatable bonds is 4. The van der Waals surface area contributed by atoms with Gasteiger partial charge in [-0.2, -0.15) is 5.26 Å². The third-order valence-electron chi connectivity index (χ3n) is 4.38. The van der Waals surface area contributed by atoms with Gasteiger partial charge in [-0.05, 0) is 25.2 Å². The molecule has 5 nitrogen and oxygen atoms in total. The molecule has 1 aliphatic carbocycles. The lowest BCUT2D eigenvalue weighted by atomic mass is 10.1. The minimum atomic E-state index is 0.366. The molecule has 0 bridgehead atoms. The minimum absolute atomic E-state index is 0.366. The summed E-state index contributed by atoms with van der Waals surface area (Å²) >= 11 is 0. The van der Waals surface area contributed by atoms with Crippen molar-refractivity contribution in [3.8, 4) is 6.07 Å². The molecule has 5 heteroatoms. The zero-order valence-electron chi connectivity index (χ0n) is 11.8. The molecule has 0 aromatic carbocycles. The van der Waals surface area contributed by atoms with Crippen LogP contribution < -0.4 is 5.32 Å². The topological polar surface area (TPSA) is 64.8 Å². The van der Waals surface area contributed by atoms with Crippen LogP contribution in [0.15, 0.2) is 12.4 Å². The maximum Gasteiger partial charge on any atom is 0.158 e. The SMILES string of the molecule is N#Cc1cnc(NC2CCN(CC3CCCC3)C2)cn1. The van der Waals surface area contributed by atoms with Gasteiger partial charge in [0.15, 0.2) is 5.69 Å². The molecule has 2 fully saturated rings. The van der Waals surface area contributed by atoms with Gasteiger partial charge < -0.3 is 10.2 Å². The molecule has 1 aromatic rings. The fourth-order valence-electron chi connectivity index (χ4n) is 3.34. The van der Waals surface area contributed by atoms with Crippen molar-refractivity contribution in [3.63, 3.8) is 0 Å². The molecule has 1 saturated heterocycles. The molecule has 106 valence electrons. The number of nitrogens with zero attached hydrogens (tertiary/aromatic N) is 4. The monoisotopic (exact) mass is 271 g/mol. The highest BCUT2D eigenvalue weighted by Gasteiger charge is 2.26. The van der Waals surface area contributed by atoms with Crippen LogP contribution in [0, 0.1) is 17.2 Å². The summed E-state index contributed by atoms with van der Waals surface area (Å²) in [6.07, 6.45) is 9.99. The van der Waals surface area contributed by atoms with E-state index in [4.69, 9.17) is 5.26 Å². The first kappa shape index (κ1) is 13.3. The number of nitriles is 1. The zero-order valence-corrected chi connectivity index (χ0v) is 11.8. The molecule has 2 heterocycles. The lowest BCUT2D eigenvalue weighted by Gasteiger charge is -2.20. The Morgan fingerprint density at radius 1 is 1.25 bits per heavy atom. The van der Waals surface area contributed by atoms with E-state index in [1.807, 2.05) is 6.07 Å². The number of nitrogens with one attached hydrogen (secondary N) is 1. The smallest absolute Gasteiger partial charge is 0.158 e. The van der Waals surface area contributed by atoms with Crippen LogP contribution in [0.2, 0.25) is 0 Å². The van der Waals surface area contributed by atoms with Gasteiger partial charge in [0.1, 0.15) is 11.9 Å². The van der Waals surface area contributed by atoms with E-state index in [2.05, 4.69) is 20.2 Å². The average Bonchev–Trinajstić information content (AvgIpc) is 3.12. The summed E-state index contributed by atoms with van der Waals surface area (Å²) in [5.41, 5.74) is 0.366. The van der Waals surface area contributed by atoms with Crippen molar-refractivity contribution < 1.29 is 0 Å². The second-order valence-electron chi connectivity index (χ2n) is 5.94. The predicted octanol–water partition coefficient (Wildman–Crippen LogP) is 2.02. The van der Waals surface area contributed by atoms with Crippen LogP contribution in [-0.4, -0.2) is 40.5 Å². The van der Waals surface area contributed by atoms with Gasteiger partial charge in [-0.15, -0.1) is 0 Å². The van der Waals surface area contributed by atoms with Crippen LogP contribution in [0.5, 0.6) is 0 Å². The van der Waals surface area contributed by atoms with Gasteiger partial charge in [0.05, 0.1) is 12.4 Å². The molecule has 1 aliphatic heterocycles. The first-order valence-electron chi connectivity index (χ1n) is 7.54. The summed E-state index contributed by atoms with van der Waals surface area (Å²) < 4.78 is 0. The number of hydrogen-bond donors (Lipinski definition) is 1. The van der Waals surface area contributed by atoms with Crippen molar-refractivity contribution in [3.05, 3.63) is 18.1 Å². The predicted molar refractivity (Wildman–Crippen MR) is 77.2 cm³/mol. The van der Waals surface area contributed by atoms with Crippen molar-refractivity contribution in [2.75, 3.05) is 25.0 Å². The Kier molecular flexibility index (Phi) is 4.12. The van der Waals surface area contributed by atoms with Crippen molar-refractivity contribution in [1.82, 2.24) is 14.9 Å². The van der Waals surface area contributed by atoms with E-state index >= 15 is 0 Å². The number of hydrogen-bond acceptors (Lipinski definition) is 5. The molecule has 1 unspecified atom stereocenters. The summed E-state index contributed by atoms with van der Waals surface area (Å²) in [5.74, 6) is 1.69. The van der Waals surface area contributed by atoms with Crippen molar-refractivity contribution in [2.24, 2.45) is 5.92 Å². The standard InChI is InChI=1S/C15H21N5/c16-7-14-8-18-15(9-17-14)19-13-5-6-20(11-13)10-12-3-1-2-4-12/h8-9,12-13H,1-6,10-11H2,(H,18,19). The van der Waals surface area contributed by atoms with Crippen molar-refractivity contribution in [1.29, 1.82) is 5.26 Å². The first-order valence-corrected chi connectivity index (χ1v) is 7.54. The maximum absolute atomic E-state index is 8.70. The van der Waals surface area contributed by atoms with Crippen LogP contribution >= 0.6 is 0 Å². The molecule has 20 heavy (non-hydrogen) atoms. The van der Waals surface area contributed by atoms with Crippen LogP contribution in [0.1, 0.15) is 37.8 Å². The fraction of sp³-hybridized carbons (Fsp3) is 0.667. The van der Waals surface area contributed by atoms with Gasteiger partial charge in [0.2, 0.25) is 0 Å². The Bertz CT molecular complexity index is 472. The van der Waals surface area contributed by atoms with Crippen LogP contribution in [0.4, 0.5) is 5.82 Å². The Morgan fingerprint density at radius 3 is 2.80 bits per heavy atom. The molecule has 0 amide bonds. The molecule has 1 saturated carbocycles. The lowest BCUT2D eigenvalue weighted by molar-refractivity contribution is 0.278. The number of aromatic nitrogens is 2. The number of anilines is 1. The summed E-state index contributed by atoms with van der Waals surface area (Å²) in [6, 6.07) is 2.44. The third-order valence-corrected chi connectivity index (χ3v) is 4.38. The maximum atomic E-state index is 8.70. The zero-order chi connectivity index (χ0) is 13.8. The summed E-state index contributed by atoms with van der Waals surface area (Å²) in [5, 5.41) is 12.1. The highest BCUT2D eigenvalue weighted by atomic mass is 15.2. The van der Waals surface area contributed by atoms with Crippen molar-refractivity contribution in [2.45, 2.75) is 38.1 Å². The Hall–Kier alpha value is -1.67.